The lowest BCUT2D eigenvalue weighted by Gasteiger charge is -2.10. The molecule has 4 heteroatoms. The first kappa shape index (κ1) is 14.6. The van der Waals surface area contributed by atoms with E-state index in [4.69, 9.17) is 12.2 Å². The molecule has 1 rings (SSSR count). The minimum atomic E-state index is 0.554. The highest BCUT2D eigenvalue weighted by Crippen LogP contribution is 2.15. The molecule has 98 valence electrons. The number of hydrogen-bond donors (Lipinski definition) is 2. The Hall–Kier alpha value is -1.42. The van der Waals surface area contributed by atoms with Gasteiger partial charge in [0, 0.05) is 12.1 Å². The van der Waals surface area contributed by atoms with E-state index in [1.54, 1.807) is 0 Å². The van der Waals surface area contributed by atoms with Gasteiger partial charge in [-0.3, -0.25) is 5.43 Å². The van der Waals surface area contributed by atoms with Crippen molar-refractivity contribution in [3.63, 3.8) is 0 Å². The lowest BCUT2D eigenvalue weighted by molar-refractivity contribution is 0.900. The van der Waals surface area contributed by atoms with Crippen LogP contribution in [0.4, 0.5) is 0 Å². The highest BCUT2D eigenvalue weighted by atomic mass is 32.1. The maximum absolute atomic E-state index is 5.07. The number of thiocarbonyl (C=S) groups is 1. The molecular formula is C14H21N3S. The number of nitrogens with one attached hydrogen (secondary N) is 2. The van der Waals surface area contributed by atoms with E-state index in [-0.39, 0.29) is 0 Å². The fourth-order valence-electron chi connectivity index (χ4n) is 1.75. The molecule has 0 heterocycles. The topological polar surface area (TPSA) is 36.4 Å². The third-order valence-electron chi connectivity index (χ3n) is 2.89. The predicted octanol–water partition coefficient (Wildman–Crippen LogP) is 2.82. The van der Waals surface area contributed by atoms with Crippen LogP contribution in [0.5, 0.6) is 0 Å². The van der Waals surface area contributed by atoms with Crippen LogP contribution in [0, 0.1) is 20.8 Å². The Kier molecular flexibility index (Phi) is 5.28. The van der Waals surface area contributed by atoms with Gasteiger partial charge in [0.25, 0.3) is 0 Å². The molecule has 1 aromatic carbocycles. The summed E-state index contributed by atoms with van der Waals surface area (Å²) >= 11 is 5.07. The SMILES string of the molecule is CCNC(=S)N/N=C(/C)c1cc(C)c(C)cc1C. The van der Waals surface area contributed by atoms with Crippen LogP contribution in [0.15, 0.2) is 17.2 Å². The Labute approximate surface area is 115 Å². The van der Waals surface area contributed by atoms with Crippen LogP contribution in [-0.4, -0.2) is 17.4 Å². The molecule has 0 saturated heterocycles. The molecule has 1 aromatic rings. The fourth-order valence-corrected chi connectivity index (χ4v) is 1.94. The number of hydrazone groups is 1. The standard InChI is InChI=1S/C14H21N3S/c1-6-15-14(18)17-16-12(5)13-8-10(3)9(2)7-11(13)4/h7-8H,6H2,1-5H3,(H2,15,17,18)/b16-12-. The third kappa shape index (κ3) is 3.81. The Morgan fingerprint density at radius 2 is 1.78 bits per heavy atom. The first-order chi connectivity index (χ1) is 8.45. The van der Waals surface area contributed by atoms with E-state index in [2.05, 4.69) is 48.7 Å². The zero-order chi connectivity index (χ0) is 13.7. The van der Waals surface area contributed by atoms with Gasteiger partial charge in [-0.05, 0) is 69.6 Å². The maximum atomic E-state index is 5.07. The summed E-state index contributed by atoms with van der Waals surface area (Å²) in [4.78, 5) is 0. The van der Waals surface area contributed by atoms with Crippen molar-refractivity contribution in [2.45, 2.75) is 34.6 Å². The average Bonchev–Trinajstić information content (AvgIpc) is 2.31. The number of hydrogen-bond acceptors (Lipinski definition) is 2. The molecule has 0 bridgehead atoms. The molecule has 0 spiro atoms. The van der Waals surface area contributed by atoms with Crippen molar-refractivity contribution in [3.05, 3.63) is 34.4 Å². The van der Waals surface area contributed by atoms with Crippen LogP contribution >= 0.6 is 12.2 Å². The summed E-state index contributed by atoms with van der Waals surface area (Å²) in [5.74, 6) is 0. The van der Waals surface area contributed by atoms with E-state index >= 15 is 0 Å². The first-order valence-electron chi connectivity index (χ1n) is 6.12. The van der Waals surface area contributed by atoms with Crippen molar-refractivity contribution in [1.82, 2.24) is 10.7 Å². The summed E-state index contributed by atoms with van der Waals surface area (Å²) in [5, 5.41) is 7.86. The van der Waals surface area contributed by atoms with E-state index in [1.807, 2.05) is 13.8 Å². The number of nitrogens with zero attached hydrogens (tertiary/aromatic N) is 1. The summed E-state index contributed by atoms with van der Waals surface area (Å²) in [6, 6.07) is 4.35. The van der Waals surface area contributed by atoms with Gasteiger partial charge in [0.15, 0.2) is 5.11 Å². The summed E-state index contributed by atoms with van der Waals surface area (Å²) in [6.45, 7) is 11.1. The van der Waals surface area contributed by atoms with E-state index in [0.717, 1.165) is 17.8 Å². The maximum Gasteiger partial charge on any atom is 0.186 e. The zero-order valence-electron chi connectivity index (χ0n) is 11.7. The van der Waals surface area contributed by atoms with Gasteiger partial charge in [-0.1, -0.05) is 6.07 Å². The van der Waals surface area contributed by atoms with Crippen LogP contribution in [0.3, 0.4) is 0 Å². The van der Waals surface area contributed by atoms with Gasteiger partial charge in [-0.15, -0.1) is 0 Å². The van der Waals surface area contributed by atoms with Gasteiger partial charge >= 0.3 is 0 Å². The molecule has 0 amide bonds. The highest BCUT2D eigenvalue weighted by Gasteiger charge is 2.05. The Morgan fingerprint density at radius 1 is 1.17 bits per heavy atom. The quantitative estimate of drug-likeness (QED) is 0.500. The van der Waals surface area contributed by atoms with Gasteiger partial charge in [0.2, 0.25) is 0 Å². The monoisotopic (exact) mass is 263 g/mol. The molecule has 0 atom stereocenters. The number of rotatable bonds is 3. The molecule has 2 N–H and O–H groups in total. The normalized spacial score (nSPS) is 11.3. The van der Waals surface area contributed by atoms with Crippen molar-refractivity contribution < 1.29 is 0 Å². The second kappa shape index (κ2) is 6.50. The van der Waals surface area contributed by atoms with E-state index in [9.17, 15) is 0 Å². The number of aryl methyl sites for hydroxylation is 3. The zero-order valence-corrected chi connectivity index (χ0v) is 12.5. The van der Waals surface area contributed by atoms with Crippen molar-refractivity contribution in [2.75, 3.05) is 6.54 Å². The van der Waals surface area contributed by atoms with Crippen molar-refractivity contribution in [1.29, 1.82) is 0 Å². The second-order valence-corrected chi connectivity index (χ2v) is 4.83. The van der Waals surface area contributed by atoms with Crippen molar-refractivity contribution in [2.24, 2.45) is 5.10 Å². The Morgan fingerprint density at radius 3 is 2.39 bits per heavy atom. The number of benzene rings is 1. The highest BCUT2D eigenvalue weighted by molar-refractivity contribution is 7.80. The molecule has 0 aliphatic carbocycles. The minimum Gasteiger partial charge on any atom is -0.362 e. The average molecular weight is 263 g/mol. The Balaban J connectivity index is 2.90. The van der Waals surface area contributed by atoms with Gasteiger partial charge in [-0.25, -0.2) is 0 Å². The molecule has 0 unspecified atom stereocenters. The predicted molar refractivity (Wildman–Crippen MR) is 82.3 cm³/mol. The molecule has 0 aromatic heterocycles. The van der Waals surface area contributed by atoms with E-state index < -0.39 is 0 Å². The van der Waals surface area contributed by atoms with Crippen molar-refractivity contribution in [3.8, 4) is 0 Å². The van der Waals surface area contributed by atoms with E-state index in [1.165, 1.54) is 16.7 Å². The summed E-state index contributed by atoms with van der Waals surface area (Å²) < 4.78 is 0. The summed E-state index contributed by atoms with van der Waals surface area (Å²) in [5.41, 5.74) is 8.76. The van der Waals surface area contributed by atoms with Crippen LogP contribution < -0.4 is 10.7 Å². The smallest absolute Gasteiger partial charge is 0.186 e. The van der Waals surface area contributed by atoms with Gasteiger partial charge in [0.1, 0.15) is 0 Å². The van der Waals surface area contributed by atoms with E-state index in [0.29, 0.717) is 5.11 Å². The molecule has 3 nitrogen and oxygen atoms in total. The van der Waals surface area contributed by atoms with Crippen LogP contribution in [0.1, 0.15) is 36.1 Å². The molecule has 0 aliphatic rings. The second-order valence-electron chi connectivity index (χ2n) is 4.42. The van der Waals surface area contributed by atoms with Gasteiger partial charge in [-0.2, -0.15) is 5.10 Å². The molecule has 0 aliphatic heterocycles. The van der Waals surface area contributed by atoms with Crippen LogP contribution in [0.25, 0.3) is 0 Å². The third-order valence-corrected chi connectivity index (χ3v) is 3.13. The first-order valence-corrected chi connectivity index (χ1v) is 6.52. The van der Waals surface area contributed by atoms with Crippen molar-refractivity contribution >= 4 is 23.0 Å². The minimum absolute atomic E-state index is 0.554. The lowest BCUT2D eigenvalue weighted by Crippen LogP contribution is -2.32. The van der Waals surface area contributed by atoms with Gasteiger partial charge < -0.3 is 5.32 Å². The largest absolute Gasteiger partial charge is 0.362 e. The molecule has 0 fully saturated rings. The molecule has 0 saturated carbocycles. The van der Waals surface area contributed by atoms with Gasteiger partial charge in [0.05, 0.1) is 5.71 Å². The Bertz CT molecular complexity index is 478. The molecule has 18 heavy (non-hydrogen) atoms. The summed E-state index contributed by atoms with van der Waals surface area (Å²) in [7, 11) is 0. The van der Waals surface area contributed by atoms with Crippen LogP contribution in [-0.2, 0) is 0 Å². The molecule has 0 radical (unpaired) electrons. The lowest BCUT2D eigenvalue weighted by atomic mass is 9.98. The fraction of sp³-hybridized carbons (Fsp3) is 0.429. The summed E-state index contributed by atoms with van der Waals surface area (Å²) in [6.07, 6.45) is 0. The molecular weight excluding hydrogens is 242 g/mol. The van der Waals surface area contributed by atoms with Crippen LogP contribution in [0.2, 0.25) is 0 Å².